The normalized spacial score (nSPS) is 14.9. The summed E-state index contributed by atoms with van der Waals surface area (Å²) in [4.78, 5) is 36.8. The summed E-state index contributed by atoms with van der Waals surface area (Å²) in [6, 6.07) is 0. The fourth-order valence-electron chi connectivity index (χ4n) is 0.947. The van der Waals surface area contributed by atoms with Gasteiger partial charge in [-0.2, -0.15) is 0 Å². The molecule has 0 aromatic heterocycles. The summed E-state index contributed by atoms with van der Waals surface area (Å²) in [5.41, 5.74) is 0. The molecule has 0 aliphatic heterocycles. The van der Waals surface area contributed by atoms with Crippen LogP contribution in [-0.2, 0) is 13.6 Å². The monoisotopic (exact) mass is 292 g/mol. The third kappa shape index (κ3) is 8.32. The SMILES string of the molecule is CCCCOCCOP(O)(O)(CC)OP(O)O. The van der Waals surface area contributed by atoms with E-state index < -0.39 is 16.1 Å². The van der Waals surface area contributed by atoms with Crippen molar-refractivity contribution in [1.29, 1.82) is 0 Å². The first-order valence-corrected chi connectivity index (χ1v) is 8.77. The molecule has 17 heavy (non-hydrogen) atoms. The molecule has 0 saturated heterocycles. The van der Waals surface area contributed by atoms with Gasteiger partial charge in [0.15, 0.2) is 0 Å². The van der Waals surface area contributed by atoms with Crippen LogP contribution in [0.25, 0.3) is 0 Å². The molecule has 7 nitrogen and oxygen atoms in total. The molecule has 0 aromatic rings. The standard InChI is InChI=1S/C8H22O7P2/c1-3-5-6-13-7-8-14-17(11,12,4-2)15-16(9)10/h9-12H,3-8H2,1-2H3. The van der Waals surface area contributed by atoms with E-state index in [2.05, 4.69) is 4.31 Å². The molecule has 9 heteroatoms. The van der Waals surface area contributed by atoms with Crippen molar-refractivity contribution in [2.24, 2.45) is 0 Å². The minimum absolute atomic E-state index is 0.0778. The van der Waals surface area contributed by atoms with Crippen LogP contribution in [-0.4, -0.2) is 45.6 Å². The van der Waals surface area contributed by atoms with Gasteiger partial charge in [0.25, 0.3) is 0 Å². The molecule has 0 aliphatic rings. The Labute approximate surface area is 103 Å². The van der Waals surface area contributed by atoms with Crippen LogP contribution in [0.1, 0.15) is 26.7 Å². The van der Waals surface area contributed by atoms with Crippen molar-refractivity contribution in [2.75, 3.05) is 26.0 Å². The average molecular weight is 292 g/mol. The van der Waals surface area contributed by atoms with E-state index in [-0.39, 0.29) is 19.4 Å². The first kappa shape index (κ1) is 17.6. The molecule has 0 aromatic carbocycles. The Morgan fingerprint density at radius 1 is 1.06 bits per heavy atom. The minimum atomic E-state index is -4.88. The van der Waals surface area contributed by atoms with Gasteiger partial charge in [-0.25, -0.2) is 0 Å². The number of unbranched alkanes of at least 4 members (excludes halogenated alkanes) is 1. The van der Waals surface area contributed by atoms with Crippen molar-refractivity contribution in [1.82, 2.24) is 0 Å². The zero-order valence-corrected chi connectivity index (χ0v) is 11.9. The first-order valence-electron chi connectivity index (χ1n) is 5.44. The molecular formula is C8H22O7P2. The fourth-order valence-corrected chi connectivity index (χ4v) is 3.40. The predicted molar refractivity (Wildman–Crippen MR) is 66.0 cm³/mol. The molecule has 0 amide bonds. The van der Waals surface area contributed by atoms with Crippen LogP contribution in [0.2, 0.25) is 0 Å². The second-order valence-electron chi connectivity index (χ2n) is 3.48. The molecule has 4 N–H and O–H groups in total. The number of rotatable bonds is 10. The van der Waals surface area contributed by atoms with Gasteiger partial charge in [-0.3, -0.25) is 0 Å². The molecule has 0 radical (unpaired) electrons. The van der Waals surface area contributed by atoms with Crippen molar-refractivity contribution in [3.8, 4) is 0 Å². The van der Waals surface area contributed by atoms with Gasteiger partial charge in [0.05, 0.1) is 0 Å². The number of hydrogen-bond donors (Lipinski definition) is 4. The molecule has 106 valence electrons. The average Bonchev–Trinajstić information content (AvgIpc) is 2.22. The maximum atomic E-state index is 9.74. The molecule has 0 heterocycles. The molecule has 0 saturated carbocycles. The van der Waals surface area contributed by atoms with Gasteiger partial charge in [0.2, 0.25) is 0 Å². The summed E-state index contributed by atoms with van der Waals surface area (Å²) < 4.78 is 14.4. The summed E-state index contributed by atoms with van der Waals surface area (Å²) in [6.45, 7) is 4.15. The van der Waals surface area contributed by atoms with Crippen molar-refractivity contribution in [3.05, 3.63) is 0 Å². The molecule has 0 fully saturated rings. The maximum absolute atomic E-state index is 9.74. The molecule has 0 aliphatic carbocycles. The van der Waals surface area contributed by atoms with Gasteiger partial charge >= 0.3 is 102 Å². The van der Waals surface area contributed by atoms with Crippen LogP contribution in [0.3, 0.4) is 0 Å². The summed E-state index contributed by atoms with van der Waals surface area (Å²) in [7, 11) is -7.76. The third-order valence-electron chi connectivity index (χ3n) is 2.00. The Kier molecular flexibility index (Phi) is 8.16. The molecule has 0 atom stereocenters. The van der Waals surface area contributed by atoms with Crippen LogP contribution in [0.4, 0.5) is 0 Å². The van der Waals surface area contributed by atoms with Crippen LogP contribution in [0.15, 0.2) is 0 Å². The van der Waals surface area contributed by atoms with E-state index in [0.717, 1.165) is 12.8 Å². The van der Waals surface area contributed by atoms with Crippen molar-refractivity contribution >= 4 is 16.1 Å². The summed E-state index contributed by atoms with van der Waals surface area (Å²) in [5, 5.41) is 0. The van der Waals surface area contributed by atoms with Gasteiger partial charge in [-0.1, -0.05) is 0 Å². The van der Waals surface area contributed by atoms with E-state index in [9.17, 15) is 9.79 Å². The van der Waals surface area contributed by atoms with E-state index >= 15 is 0 Å². The van der Waals surface area contributed by atoms with Gasteiger partial charge in [0, 0.05) is 0 Å². The van der Waals surface area contributed by atoms with Crippen LogP contribution in [0, 0.1) is 0 Å². The molecule has 0 bridgehead atoms. The van der Waals surface area contributed by atoms with Gasteiger partial charge in [-0.05, 0) is 0 Å². The number of hydrogen-bond acceptors (Lipinski definition) is 7. The Bertz CT molecular complexity index is 212. The summed E-state index contributed by atoms with van der Waals surface area (Å²) >= 11 is 0. The van der Waals surface area contributed by atoms with Gasteiger partial charge in [-0.15, -0.1) is 0 Å². The Hall–Kier alpha value is 0.580. The van der Waals surface area contributed by atoms with Crippen LogP contribution < -0.4 is 0 Å². The summed E-state index contributed by atoms with van der Waals surface area (Å²) in [6.07, 6.45) is 1.68. The Morgan fingerprint density at radius 3 is 2.18 bits per heavy atom. The van der Waals surface area contributed by atoms with Crippen molar-refractivity contribution in [2.45, 2.75) is 26.7 Å². The molecule has 0 spiro atoms. The molecular weight excluding hydrogens is 270 g/mol. The first-order chi connectivity index (χ1) is 7.82. The zero-order chi connectivity index (χ0) is 13.4. The number of ether oxygens (including phenoxy) is 1. The second kappa shape index (κ2) is 7.89. The molecule has 0 rings (SSSR count). The van der Waals surface area contributed by atoms with E-state index in [1.54, 1.807) is 0 Å². The van der Waals surface area contributed by atoms with E-state index in [1.807, 2.05) is 6.92 Å². The molecule has 0 unspecified atom stereocenters. The van der Waals surface area contributed by atoms with Crippen LogP contribution in [0.5, 0.6) is 0 Å². The Morgan fingerprint density at radius 2 is 1.71 bits per heavy atom. The second-order valence-corrected chi connectivity index (χ2v) is 7.59. The van der Waals surface area contributed by atoms with Crippen molar-refractivity contribution in [3.63, 3.8) is 0 Å². The van der Waals surface area contributed by atoms with Crippen LogP contribution >= 0.6 is 16.1 Å². The van der Waals surface area contributed by atoms with Gasteiger partial charge in [0.1, 0.15) is 0 Å². The van der Waals surface area contributed by atoms with E-state index in [4.69, 9.17) is 19.0 Å². The summed E-state index contributed by atoms with van der Waals surface area (Å²) in [5.74, 6) is 0. The zero-order valence-electron chi connectivity index (χ0n) is 10.2. The third-order valence-corrected chi connectivity index (χ3v) is 5.68. The fraction of sp³-hybridized carbons (Fsp3) is 1.00. The van der Waals surface area contributed by atoms with Gasteiger partial charge < -0.3 is 0 Å². The van der Waals surface area contributed by atoms with E-state index in [0.29, 0.717) is 6.61 Å². The van der Waals surface area contributed by atoms with Crippen molar-refractivity contribution < 1.29 is 33.1 Å². The van der Waals surface area contributed by atoms with E-state index in [1.165, 1.54) is 6.92 Å². The quantitative estimate of drug-likeness (QED) is 0.354. The topological polar surface area (TPSA) is 109 Å². The Balaban J connectivity index is 3.95. The predicted octanol–water partition coefficient (Wildman–Crippen LogP) is 1.27.